The highest BCUT2D eigenvalue weighted by Crippen LogP contribution is 2.21. The number of urea groups is 1. The molecule has 1 heterocycles. The Labute approximate surface area is 153 Å². The molecule has 1 aromatic rings. The zero-order chi connectivity index (χ0) is 19.5. The van der Waals surface area contributed by atoms with Gasteiger partial charge in [-0.05, 0) is 51.7 Å². The van der Waals surface area contributed by atoms with Gasteiger partial charge in [0, 0.05) is 25.2 Å². The van der Waals surface area contributed by atoms with Crippen LogP contribution < -0.4 is 10.0 Å². The van der Waals surface area contributed by atoms with Crippen LogP contribution in [0.4, 0.5) is 13.6 Å². The third kappa shape index (κ3) is 5.38. The smallest absolute Gasteiger partial charge is 0.317 e. The van der Waals surface area contributed by atoms with Crippen LogP contribution in [-0.4, -0.2) is 44.5 Å². The number of hydrogen-bond donors (Lipinski definition) is 2. The Hall–Kier alpha value is -1.74. The molecule has 6 nitrogen and oxygen atoms in total. The normalized spacial score (nSPS) is 16.6. The third-order valence-electron chi connectivity index (χ3n) is 4.13. The number of nitrogens with one attached hydrogen (secondary N) is 2. The Bertz CT molecular complexity index is 735. The minimum atomic E-state index is -4.27. The first-order chi connectivity index (χ1) is 12.0. The Morgan fingerprint density at radius 2 is 1.73 bits per heavy atom. The van der Waals surface area contributed by atoms with E-state index in [0.717, 1.165) is 18.2 Å². The molecule has 1 fully saturated rings. The van der Waals surface area contributed by atoms with Crippen molar-refractivity contribution in [3.05, 3.63) is 29.8 Å². The predicted octanol–water partition coefficient (Wildman–Crippen LogP) is 2.46. The Morgan fingerprint density at radius 1 is 1.19 bits per heavy atom. The minimum absolute atomic E-state index is 0.00158. The first-order valence-electron chi connectivity index (χ1n) is 8.50. The highest BCUT2D eigenvalue weighted by molar-refractivity contribution is 7.89. The number of nitrogens with zero attached hydrogens (tertiary/aromatic N) is 1. The topological polar surface area (TPSA) is 78.5 Å². The van der Waals surface area contributed by atoms with Gasteiger partial charge in [0.15, 0.2) is 4.90 Å². The standard InChI is InChI=1S/C17H25F2N3O3S/c1-17(2,3)21-16(23)22-9-7-12(8-10-22)11-20-26(24,25)15-13(18)5-4-6-14(15)19/h4-6,12,20H,7-11H2,1-3H3,(H,21,23). The quantitative estimate of drug-likeness (QED) is 0.830. The molecule has 2 N–H and O–H groups in total. The lowest BCUT2D eigenvalue weighted by atomic mass is 9.97. The lowest BCUT2D eigenvalue weighted by molar-refractivity contribution is 0.163. The SMILES string of the molecule is CC(C)(C)NC(=O)N1CCC(CNS(=O)(=O)c2c(F)cccc2F)CC1. The molecule has 0 bridgehead atoms. The molecule has 146 valence electrons. The number of benzene rings is 1. The van der Waals surface area contributed by atoms with Crippen LogP contribution >= 0.6 is 0 Å². The van der Waals surface area contributed by atoms with Crippen LogP contribution in [0.2, 0.25) is 0 Å². The molecule has 9 heteroatoms. The van der Waals surface area contributed by atoms with E-state index in [2.05, 4.69) is 10.0 Å². The van der Waals surface area contributed by atoms with E-state index in [-0.39, 0.29) is 24.0 Å². The van der Waals surface area contributed by atoms with Crippen molar-refractivity contribution in [1.29, 1.82) is 0 Å². The van der Waals surface area contributed by atoms with Crippen LogP contribution in [0.15, 0.2) is 23.1 Å². The lowest BCUT2D eigenvalue weighted by Crippen LogP contribution is -2.51. The summed E-state index contributed by atoms with van der Waals surface area (Å²) in [5.74, 6) is -2.24. The number of halogens is 2. The Balaban J connectivity index is 1.89. The summed E-state index contributed by atoms with van der Waals surface area (Å²) in [4.78, 5) is 12.8. The van der Waals surface area contributed by atoms with E-state index >= 15 is 0 Å². The number of rotatable bonds is 4. The van der Waals surface area contributed by atoms with Gasteiger partial charge in [-0.25, -0.2) is 26.7 Å². The van der Waals surface area contributed by atoms with Crippen molar-refractivity contribution in [1.82, 2.24) is 14.9 Å². The maximum Gasteiger partial charge on any atom is 0.317 e. The maximum atomic E-state index is 13.7. The number of sulfonamides is 1. The summed E-state index contributed by atoms with van der Waals surface area (Å²) >= 11 is 0. The monoisotopic (exact) mass is 389 g/mol. The van der Waals surface area contributed by atoms with Crippen molar-refractivity contribution in [3.8, 4) is 0 Å². The van der Waals surface area contributed by atoms with E-state index in [0.29, 0.717) is 25.9 Å². The van der Waals surface area contributed by atoms with E-state index in [1.54, 1.807) is 4.90 Å². The molecule has 2 amide bonds. The van der Waals surface area contributed by atoms with Crippen LogP contribution in [-0.2, 0) is 10.0 Å². The number of piperidine rings is 1. The first-order valence-corrected chi connectivity index (χ1v) is 9.99. The number of amides is 2. The van der Waals surface area contributed by atoms with Crippen LogP contribution in [0.3, 0.4) is 0 Å². The molecule has 0 radical (unpaired) electrons. The molecular weight excluding hydrogens is 364 g/mol. The van der Waals surface area contributed by atoms with Gasteiger partial charge in [-0.3, -0.25) is 0 Å². The number of carbonyl (C=O) groups is 1. The van der Waals surface area contributed by atoms with Crippen molar-refractivity contribution < 1.29 is 22.0 Å². The van der Waals surface area contributed by atoms with Gasteiger partial charge in [0.05, 0.1) is 0 Å². The second-order valence-corrected chi connectivity index (χ2v) is 9.22. The van der Waals surface area contributed by atoms with Gasteiger partial charge in [0.1, 0.15) is 11.6 Å². The van der Waals surface area contributed by atoms with Crippen molar-refractivity contribution >= 4 is 16.1 Å². The van der Waals surface area contributed by atoms with Crippen LogP contribution in [0.5, 0.6) is 0 Å². The van der Waals surface area contributed by atoms with Crippen LogP contribution in [0, 0.1) is 17.6 Å². The number of likely N-dealkylation sites (tertiary alicyclic amines) is 1. The fourth-order valence-corrected chi connectivity index (χ4v) is 4.03. The van der Waals surface area contributed by atoms with Gasteiger partial charge < -0.3 is 10.2 Å². The molecule has 0 atom stereocenters. The van der Waals surface area contributed by atoms with Crippen molar-refractivity contribution in [2.45, 2.75) is 44.0 Å². The molecule has 0 aromatic heterocycles. The summed E-state index contributed by atoms with van der Waals surface area (Å²) in [6, 6.07) is 2.78. The predicted molar refractivity (Wildman–Crippen MR) is 94.1 cm³/mol. The van der Waals surface area contributed by atoms with Crippen molar-refractivity contribution in [3.63, 3.8) is 0 Å². The van der Waals surface area contributed by atoms with Gasteiger partial charge >= 0.3 is 6.03 Å². The third-order valence-corrected chi connectivity index (χ3v) is 5.61. The summed E-state index contributed by atoms with van der Waals surface area (Å²) in [5.41, 5.74) is -0.326. The Morgan fingerprint density at radius 3 is 2.23 bits per heavy atom. The first kappa shape index (κ1) is 20.6. The molecule has 0 spiro atoms. The summed E-state index contributed by atoms with van der Waals surface area (Å²) in [6.07, 6.45) is 1.22. The van der Waals surface area contributed by atoms with Gasteiger partial charge in [0.2, 0.25) is 10.0 Å². The van der Waals surface area contributed by atoms with Crippen molar-refractivity contribution in [2.75, 3.05) is 19.6 Å². The fraction of sp³-hybridized carbons (Fsp3) is 0.588. The molecule has 26 heavy (non-hydrogen) atoms. The zero-order valence-corrected chi connectivity index (χ0v) is 16.0. The molecule has 1 aliphatic rings. The number of carbonyl (C=O) groups excluding carboxylic acids is 1. The maximum absolute atomic E-state index is 13.7. The molecule has 1 aliphatic heterocycles. The molecule has 1 saturated heterocycles. The van der Waals surface area contributed by atoms with E-state index in [9.17, 15) is 22.0 Å². The largest absolute Gasteiger partial charge is 0.333 e. The summed E-state index contributed by atoms with van der Waals surface area (Å²) < 4.78 is 54.0. The zero-order valence-electron chi connectivity index (χ0n) is 15.2. The summed E-state index contributed by atoms with van der Waals surface area (Å²) in [7, 11) is -4.27. The molecule has 0 unspecified atom stereocenters. The summed E-state index contributed by atoms with van der Waals surface area (Å²) in [5, 5.41) is 2.89. The van der Waals surface area contributed by atoms with Gasteiger partial charge in [0.25, 0.3) is 0 Å². The van der Waals surface area contributed by atoms with Gasteiger partial charge in [-0.1, -0.05) is 6.07 Å². The van der Waals surface area contributed by atoms with Crippen LogP contribution in [0.1, 0.15) is 33.6 Å². The molecular formula is C17H25F2N3O3S. The number of hydrogen-bond acceptors (Lipinski definition) is 3. The van der Waals surface area contributed by atoms with E-state index < -0.39 is 26.6 Å². The van der Waals surface area contributed by atoms with Crippen LogP contribution in [0.25, 0.3) is 0 Å². The lowest BCUT2D eigenvalue weighted by Gasteiger charge is -2.34. The molecule has 0 saturated carbocycles. The second-order valence-electron chi connectivity index (χ2n) is 7.51. The molecule has 1 aromatic carbocycles. The Kier molecular flexibility index (Phi) is 6.23. The fourth-order valence-electron chi connectivity index (χ4n) is 2.78. The minimum Gasteiger partial charge on any atom is -0.333 e. The average molecular weight is 389 g/mol. The highest BCUT2D eigenvalue weighted by atomic mass is 32.2. The molecule has 0 aliphatic carbocycles. The van der Waals surface area contributed by atoms with E-state index in [1.165, 1.54) is 0 Å². The molecule has 2 rings (SSSR count). The van der Waals surface area contributed by atoms with E-state index in [4.69, 9.17) is 0 Å². The average Bonchev–Trinajstić information content (AvgIpc) is 2.51. The second kappa shape index (κ2) is 7.87. The van der Waals surface area contributed by atoms with Crippen molar-refractivity contribution in [2.24, 2.45) is 5.92 Å². The van der Waals surface area contributed by atoms with Gasteiger partial charge in [-0.15, -0.1) is 0 Å². The highest BCUT2D eigenvalue weighted by Gasteiger charge is 2.28. The van der Waals surface area contributed by atoms with E-state index in [1.807, 2.05) is 20.8 Å². The van der Waals surface area contributed by atoms with Gasteiger partial charge in [-0.2, -0.15) is 0 Å². The summed E-state index contributed by atoms with van der Waals surface area (Å²) in [6.45, 7) is 6.77.